The van der Waals surface area contributed by atoms with Crippen LogP contribution >= 0.6 is 0 Å². The maximum atomic E-state index is 9.40. The number of rotatable bonds is 8. The minimum Gasteiger partial charge on any atom is -0.396 e. The van der Waals surface area contributed by atoms with Crippen LogP contribution in [0.2, 0.25) is 0 Å². The summed E-state index contributed by atoms with van der Waals surface area (Å²) in [6.07, 6.45) is 4.43. The van der Waals surface area contributed by atoms with Crippen LogP contribution in [0, 0.1) is 16.7 Å². The molecule has 3 atom stereocenters. The molecule has 1 saturated carbocycles. The van der Waals surface area contributed by atoms with E-state index < -0.39 is 0 Å². The van der Waals surface area contributed by atoms with Crippen molar-refractivity contribution in [3.8, 4) is 0 Å². The molecule has 1 aliphatic carbocycles. The summed E-state index contributed by atoms with van der Waals surface area (Å²) in [4.78, 5) is 4.89. The molecular weight excluding hydrogens is 302 g/mol. The minimum atomic E-state index is 0.102. The van der Waals surface area contributed by atoms with E-state index in [0.717, 1.165) is 51.3 Å². The van der Waals surface area contributed by atoms with Crippen LogP contribution in [0.5, 0.6) is 0 Å². The number of aliphatic hydroxyl groups excluding tert-OH is 1. The zero-order valence-corrected chi connectivity index (χ0v) is 16.2. The zero-order valence-electron chi connectivity index (χ0n) is 16.2. The standard InChI is InChI=1S/C19H37N3O2/c1-6-19(7-2,10-11-23)13-21-17(20-8-3)22-15-14-9-12-24-16(14)18(15,4)5/h14-16,23H,6-13H2,1-5H3,(H2,20,21,22). The molecule has 3 unspecified atom stereocenters. The summed E-state index contributed by atoms with van der Waals surface area (Å²) in [5.41, 5.74) is 0.250. The molecule has 5 nitrogen and oxygen atoms in total. The van der Waals surface area contributed by atoms with Crippen molar-refractivity contribution in [2.24, 2.45) is 21.7 Å². The number of aliphatic imine (C=N–C) groups is 1. The first kappa shape index (κ1) is 19.5. The van der Waals surface area contributed by atoms with Crippen LogP contribution in [-0.4, -0.2) is 49.5 Å². The van der Waals surface area contributed by atoms with Gasteiger partial charge in [-0.15, -0.1) is 0 Å². The lowest BCUT2D eigenvalue weighted by Gasteiger charge is -2.55. The third kappa shape index (κ3) is 3.72. The predicted octanol–water partition coefficient (Wildman–Crippen LogP) is 2.54. The average molecular weight is 340 g/mol. The lowest BCUT2D eigenvalue weighted by atomic mass is 9.57. The molecule has 0 bridgehead atoms. The smallest absolute Gasteiger partial charge is 0.191 e. The van der Waals surface area contributed by atoms with Gasteiger partial charge in [-0.2, -0.15) is 0 Å². The Morgan fingerprint density at radius 1 is 1.29 bits per heavy atom. The van der Waals surface area contributed by atoms with Crippen molar-refractivity contribution >= 4 is 5.96 Å². The van der Waals surface area contributed by atoms with Crippen LogP contribution in [0.15, 0.2) is 4.99 Å². The molecule has 2 fully saturated rings. The first-order chi connectivity index (χ1) is 11.4. The number of hydrogen-bond donors (Lipinski definition) is 3. The normalized spacial score (nSPS) is 29.1. The van der Waals surface area contributed by atoms with Gasteiger partial charge in [-0.1, -0.05) is 27.7 Å². The lowest BCUT2D eigenvalue weighted by molar-refractivity contribution is -0.106. The Morgan fingerprint density at radius 2 is 2.00 bits per heavy atom. The largest absolute Gasteiger partial charge is 0.396 e. The molecule has 0 aromatic carbocycles. The molecule has 24 heavy (non-hydrogen) atoms. The van der Waals surface area contributed by atoms with Crippen LogP contribution < -0.4 is 10.6 Å². The Morgan fingerprint density at radius 3 is 2.58 bits per heavy atom. The quantitative estimate of drug-likeness (QED) is 0.470. The van der Waals surface area contributed by atoms with Gasteiger partial charge in [0.1, 0.15) is 0 Å². The number of guanidine groups is 1. The molecule has 0 amide bonds. The molecule has 0 aromatic heterocycles. The number of nitrogens with one attached hydrogen (secondary N) is 2. The number of ether oxygens (including phenoxy) is 1. The van der Waals surface area contributed by atoms with Crippen molar-refractivity contribution in [1.29, 1.82) is 0 Å². The molecule has 140 valence electrons. The first-order valence-corrected chi connectivity index (χ1v) is 9.71. The van der Waals surface area contributed by atoms with Gasteiger partial charge in [0.15, 0.2) is 5.96 Å². The van der Waals surface area contributed by atoms with E-state index in [2.05, 4.69) is 45.3 Å². The van der Waals surface area contributed by atoms with E-state index >= 15 is 0 Å². The van der Waals surface area contributed by atoms with Crippen LogP contribution in [-0.2, 0) is 4.74 Å². The molecule has 0 aromatic rings. The van der Waals surface area contributed by atoms with E-state index in [-0.39, 0.29) is 17.4 Å². The molecular formula is C19H37N3O2. The van der Waals surface area contributed by atoms with Gasteiger partial charge in [0.2, 0.25) is 0 Å². The number of aliphatic hydroxyl groups is 1. The molecule has 1 saturated heterocycles. The highest BCUT2D eigenvalue weighted by Gasteiger charge is 2.59. The molecule has 2 rings (SSSR count). The Hall–Kier alpha value is -0.810. The number of hydrogen-bond acceptors (Lipinski definition) is 3. The van der Waals surface area contributed by atoms with E-state index in [1.54, 1.807) is 0 Å². The van der Waals surface area contributed by atoms with Gasteiger partial charge in [-0.25, -0.2) is 0 Å². The van der Waals surface area contributed by atoms with Gasteiger partial charge in [0.25, 0.3) is 0 Å². The SMILES string of the molecule is CCNC(=NCC(CC)(CC)CCO)NC1C2CCOC2C1(C)C. The predicted molar refractivity (Wildman–Crippen MR) is 99.2 cm³/mol. The first-order valence-electron chi connectivity index (χ1n) is 9.71. The van der Waals surface area contributed by atoms with Gasteiger partial charge in [-0.3, -0.25) is 4.99 Å². The van der Waals surface area contributed by atoms with Crippen LogP contribution in [0.25, 0.3) is 0 Å². The van der Waals surface area contributed by atoms with Crippen molar-refractivity contribution < 1.29 is 9.84 Å². The van der Waals surface area contributed by atoms with Crippen LogP contribution in [0.3, 0.4) is 0 Å². The Labute approximate surface area is 147 Å². The second-order valence-electron chi connectivity index (χ2n) is 8.06. The Bertz CT molecular complexity index is 432. The molecule has 2 aliphatic rings. The summed E-state index contributed by atoms with van der Waals surface area (Å²) in [6, 6.07) is 0.415. The van der Waals surface area contributed by atoms with Crippen LogP contribution in [0.1, 0.15) is 60.3 Å². The van der Waals surface area contributed by atoms with E-state index in [4.69, 9.17) is 9.73 Å². The summed E-state index contributed by atoms with van der Waals surface area (Å²) in [6.45, 7) is 13.8. The summed E-state index contributed by atoms with van der Waals surface area (Å²) in [7, 11) is 0. The Balaban J connectivity index is 2.05. The maximum Gasteiger partial charge on any atom is 0.191 e. The zero-order chi connectivity index (χ0) is 17.8. The maximum absolute atomic E-state index is 9.40. The van der Waals surface area contributed by atoms with Gasteiger partial charge >= 0.3 is 0 Å². The van der Waals surface area contributed by atoms with Crippen molar-refractivity contribution in [2.75, 3.05) is 26.3 Å². The van der Waals surface area contributed by atoms with E-state index in [0.29, 0.717) is 18.1 Å². The highest BCUT2D eigenvalue weighted by Crippen LogP contribution is 2.52. The Kier molecular flexibility index (Phi) is 6.54. The van der Waals surface area contributed by atoms with Crippen molar-refractivity contribution in [2.45, 2.75) is 72.4 Å². The number of nitrogens with zero attached hydrogens (tertiary/aromatic N) is 1. The summed E-state index contributed by atoms with van der Waals surface area (Å²) >= 11 is 0. The monoisotopic (exact) mass is 339 g/mol. The molecule has 1 heterocycles. The fraction of sp³-hybridized carbons (Fsp3) is 0.947. The second kappa shape index (κ2) is 8.05. The van der Waals surface area contributed by atoms with Crippen LogP contribution in [0.4, 0.5) is 0 Å². The van der Waals surface area contributed by atoms with E-state index in [1.807, 2.05) is 0 Å². The topological polar surface area (TPSA) is 65.9 Å². The molecule has 3 N–H and O–H groups in total. The van der Waals surface area contributed by atoms with Gasteiger partial charge in [0, 0.05) is 43.7 Å². The molecule has 0 radical (unpaired) electrons. The van der Waals surface area contributed by atoms with Crippen molar-refractivity contribution in [3.05, 3.63) is 0 Å². The fourth-order valence-corrected chi connectivity index (χ4v) is 4.47. The summed E-state index contributed by atoms with van der Waals surface area (Å²) in [5.74, 6) is 1.51. The van der Waals surface area contributed by atoms with Gasteiger partial charge in [-0.05, 0) is 38.0 Å². The minimum absolute atomic E-state index is 0.102. The third-order valence-electron chi connectivity index (χ3n) is 6.45. The fourth-order valence-electron chi connectivity index (χ4n) is 4.47. The third-order valence-corrected chi connectivity index (χ3v) is 6.45. The summed E-state index contributed by atoms with van der Waals surface area (Å²) < 4.78 is 5.89. The molecule has 0 spiro atoms. The number of fused-ring (bicyclic) bond motifs is 1. The van der Waals surface area contributed by atoms with Crippen molar-refractivity contribution in [3.63, 3.8) is 0 Å². The van der Waals surface area contributed by atoms with Crippen molar-refractivity contribution in [1.82, 2.24) is 10.6 Å². The lowest BCUT2D eigenvalue weighted by Crippen LogP contribution is -2.68. The van der Waals surface area contributed by atoms with Gasteiger partial charge in [0.05, 0.1) is 6.10 Å². The molecule has 1 aliphatic heterocycles. The molecule has 5 heteroatoms. The van der Waals surface area contributed by atoms with E-state index in [1.165, 1.54) is 0 Å². The highest BCUT2D eigenvalue weighted by molar-refractivity contribution is 5.80. The summed E-state index contributed by atoms with van der Waals surface area (Å²) in [5, 5.41) is 16.5. The second-order valence-corrected chi connectivity index (χ2v) is 8.06. The van der Waals surface area contributed by atoms with Gasteiger partial charge < -0.3 is 20.5 Å². The highest BCUT2D eigenvalue weighted by atomic mass is 16.5. The average Bonchev–Trinajstić information content (AvgIpc) is 3.03. The van der Waals surface area contributed by atoms with E-state index in [9.17, 15) is 5.11 Å².